The van der Waals surface area contributed by atoms with Gasteiger partial charge in [0.2, 0.25) is 0 Å². The number of nitrogens with one attached hydrogen (secondary N) is 3. The number of hydrogen-bond acceptors (Lipinski definition) is 6. The number of aryl methyl sites for hydroxylation is 1. The smallest absolute Gasteiger partial charge is 0.144 e. The molecule has 0 aliphatic carbocycles. The van der Waals surface area contributed by atoms with Crippen molar-refractivity contribution in [2.45, 2.75) is 25.8 Å². The van der Waals surface area contributed by atoms with Gasteiger partial charge in [0.1, 0.15) is 17.5 Å². The van der Waals surface area contributed by atoms with Gasteiger partial charge < -0.3 is 26.3 Å². The van der Waals surface area contributed by atoms with E-state index >= 15 is 0 Å². The monoisotopic (exact) mass is 507 g/mol. The molecule has 5 rings (SSSR count). The van der Waals surface area contributed by atoms with Crippen molar-refractivity contribution in [1.82, 2.24) is 20.3 Å². The average Bonchev–Trinajstić information content (AvgIpc) is 3.26. The first kappa shape index (κ1) is 24.5. The minimum atomic E-state index is -0.271. The van der Waals surface area contributed by atoms with Crippen LogP contribution in [0.15, 0.2) is 42.6 Å². The summed E-state index contributed by atoms with van der Waals surface area (Å²) in [6.07, 6.45) is 3.59. The van der Waals surface area contributed by atoms with Crippen LogP contribution in [0.2, 0.25) is 5.02 Å². The van der Waals surface area contributed by atoms with Crippen molar-refractivity contribution in [3.63, 3.8) is 0 Å². The summed E-state index contributed by atoms with van der Waals surface area (Å²) in [4.78, 5) is 15.5. The first-order valence-corrected chi connectivity index (χ1v) is 12.7. The predicted molar refractivity (Wildman–Crippen MR) is 146 cm³/mol. The average molecular weight is 508 g/mol. The third-order valence-corrected chi connectivity index (χ3v) is 6.84. The Morgan fingerprint density at radius 2 is 1.97 bits per heavy atom. The van der Waals surface area contributed by atoms with Gasteiger partial charge in [0.05, 0.1) is 22.3 Å². The number of fused-ring (bicyclic) bond motifs is 1. The summed E-state index contributed by atoms with van der Waals surface area (Å²) in [6.45, 7) is 4.95. The SMILES string of the molecule is CNCCNc1ncc(-c2cc(C)cc(F)c2)c(N2CCC(N)CC2)c1-c1nc2ccc(Cl)cc2[nH]1. The predicted octanol–water partition coefficient (Wildman–Crippen LogP) is 4.95. The number of rotatable bonds is 7. The van der Waals surface area contributed by atoms with Crippen LogP contribution in [0.5, 0.6) is 0 Å². The molecule has 0 radical (unpaired) electrons. The molecule has 7 nitrogen and oxygen atoms in total. The molecule has 0 bridgehead atoms. The lowest BCUT2D eigenvalue weighted by Crippen LogP contribution is -2.40. The number of nitrogens with zero attached hydrogens (tertiary/aromatic N) is 3. The zero-order chi connectivity index (χ0) is 25.2. The maximum Gasteiger partial charge on any atom is 0.144 e. The Kier molecular flexibility index (Phi) is 7.09. The normalized spacial score (nSPS) is 14.5. The van der Waals surface area contributed by atoms with Crippen molar-refractivity contribution in [3.8, 4) is 22.5 Å². The lowest BCUT2D eigenvalue weighted by Gasteiger charge is -2.35. The fraction of sp³-hybridized carbons (Fsp3) is 0.333. The van der Waals surface area contributed by atoms with Crippen LogP contribution in [0.1, 0.15) is 18.4 Å². The summed E-state index contributed by atoms with van der Waals surface area (Å²) < 4.78 is 14.5. The van der Waals surface area contributed by atoms with Gasteiger partial charge >= 0.3 is 0 Å². The number of piperidine rings is 1. The van der Waals surface area contributed by atoms with Crippen LogP contribution in [0.3, 0.4) is 0 Å². The van der Waals surface area contributed by atoms with Gasteiger partial charge in [-0.05, 0) is 68.3 Å². The molecule has 2 aromatic carbocycles. The number of benzene rings is 2. The van der Waals surface area contributed by atoms with Gasteiger partial charge in [0, 0.05) is 49.0 Å². The Morgan fingerprint density at radius 1 is 1.17 bits per heavy atom. The number of pyridine rings is 1. The lowest BCUT2D eigenvalue weighted by atomic mass is 9.96. The van der Waals surface area contributed by atoms with E-state index in [9.17, 15) is 4.39 Å². The number of likely N-dealkylation sites (N-methyl/N-ethyl adjacent to an activating group) is 1. The summed E-state index contributed by atoms with van der Waals surface area (Å²) in [7, 11) is 1.91. The van der Waals surface area contributed by atoms with Crippen molar-refractivity contribution in [2.75, 3.05) is 43.4 Å². The van der Waals surface area contributed by atoms with Crippen LogP contribution in [0.25, 0.3) is 33.5 Å². The number of aromatic amines is 1. The van der Waals surface area contributed by atoms with Gasteiger partial charge in [-0.15, -0.1) is 0 Å². The maximum absolute atomic E-state index is 14.5. The number of aromatic nitrogens is 3. The fourth-order valence-electron chi connectivity index (χ4n) is 4.82. The number of hydrogen-bond donors (Lipinski definition) is 4. The molecule has 5 N–H and O–H groups in total. The lowest BCUT2D eigenvalue weighted by molar-refractivity contribution is 0.501. The highest BCUT2D eigenvalue weighted by atomic mass is 35.5. The number of anilines is 2. The molecule has 3 heterocycles. The molecule has 4 aromatic rings. The first-order valence-electron chi connectivity index (χ1n) is 12.3. The Hall–Kier alpha value is -3.20. The van der Waals surface area contributed by atoms with Crippen LogP contribution in [-0.4, -0.2) is 54.2 Å². The minimum Gasteiger partial charge on any atom is -0.370 e. The van der Waals surface area contributed by atoms with Crippen LogP contribution < -0.4 is 21.3 Å². The second kappa shape index (κ2) is 10.4. The molecule has 188 valence electrons. The third-order valence-electron chi connectivity index (χ3n) is 6.61. The largest absolute Gasteiger partial charge is 0.370 e. The molecule has 36 heavy (non-hydrogen) atoms. The van der Waals surface area contributed by atoms with E-state index in [-0.39, 0.29) is 11.9 Å². The summed E-state index contributed by atoms with van der Waals surface area (Å²) in [5.41, 5.74) is 12.2. The van der Waals surface area contributed by atoms with E-state index in [1.54, 1.807) is 6.07 Å². The molecule has 2 aromatic heterocycles. The van der Waals surface area contributed by atoms with E-state index in [0.717, 1.165) is 77.3 Å². The number of imidazole rings is 1. The van der Waals surface area contributed by atoms with Gasteiger partial charge in [-0.3, -0.25) is 0 Å². The van der Waals surface area contributed by atoms with Gasteiger partial charge in [-0.2, -0.15) is 0 Å². The van der Waals surface area contributed by atoms with Gasteiger partial charge in [-0.25, -0.2) is 14.4 Å². The van der Waals surface area contributed by atoms with Gasteiger partial charge in [0.25, 0.3) is 0 Å². The summed E-state index contributed by atoms with van der Waals surface area (Å²) in [5.74, 6) is 1.14. The number of nitrogens with two attached hydrogens (primary N) is 1. The highest BCUT2D eigenvalue weighted by Gasteiger charge is 2.27. The molecule has 0 atom stereocenters. The highest BCUT2D eigenvalue weighted by molar-refractivity contribution is 6.31. The van der Waals surface area contributed by atoms with Crippen molar-refractivity contribution in [2.24, 2.45) is 5.73 Å². The topological polar surface area (TPSA) is 94.9 Å². The van der Waals surface area contributed by atoms with E-state index < -0.39 is 0 Å². The molecule has 9 heteroatoms. The molecular formula is C27H31ClFN7. The molecule has 0 saturated carbocycles. The Bertz CT molecular complexity index is 1360. The van der Waals surface area contributed by atoms with E-state index in [2.05, 4.69) is 20.5 Å². The van der Waals surface area contributed by atoms with Crippen LogP contribution in [-0.2, 0) is 0 Å². The summed E-state index contributed by atoms with van der Waals surface area (Å²) in [5, 5.41) is 7.27. The quantitative estimate of drug-likeness (QED) is 0.264. The Morgan fingerprint density at radius 3 is 2.72 bits per heavy atom. The zero-order valence-corrected chi connectivity index (χ0v) is 21.3. The Balaban J connectivity index is 1.76. The van der Waals surface area contributed by atoms with Crippen molar-refractivity contribution < 1.29 is 4.39 Å². The molecule has 1 aliphatic rings. The van der Waals surface area contributed by atoms with E-state index in [4.69, 9.17) is 27.3 Å². The van der Waals surface area contributed by atoms with E-state index in [1.807, 2.05) is 44.4 Å². The number of halogens is 2. The second-order valence-electron chi connectivity index (χ2n) is 9.36. The molecular weight excluding hydrogens is 477 g/mol. The van der Waals surface area contributed by atoms with E-state index in [0.29, 0.717) is 17.4 Å². The third kappa shape index (κ3) is 5.02. The minimum absolute atomic E-state index is 0.174. The molecule has 0 unspecified atom stereocenters. The summed E-state index contributed by atoms with van der Waals surface area (Å²) in [6, 6.07) is 10.9. The van der Waals surface area contributed by atoms with E-state index in [1.165, 1.54) is 6.07 Å². The van der Waals surface area contributed by atoms with Crippen LogP contribution in [0.4, 0.5) is 15.9 Å². The second-order valence-corrected chi connectivity index (χ2v) is 9.80. The zero-order valence-electron chi connectivity index (χ0n) is 20.5. The van der Waals surface area contributed by atoms with Crippen molar-refractivity contribution in [3.05, 3.63) is 59.0 Å². The van der Waals surface area contributed by atoms with Gasteiger partial charge in [-0.1, -0.05) is 17.7 Å². The molecule has 1 aliphatic heterocycles. The number of H-pyrrole nitrogens is 1. The van der Waals surface area contributed by atoms with Gasteiger partial charge in [0.15, 0.2) is 0 Å². The Labute approximate surface area is 215 Å². The first-order chi connectivity index (χ1) is 17.4. The van der Waals surface area contributed by atoms with Crippen molar-refractivity contribution >= 4 is 34.1 Å². The molecule has 0 amide bonds. The summed E-state index contributed by atoms with van der Waals surface area (Å²) >= 11 is 6.26. The molecule has 1 saturated heterocycles. The fourth-order valence-corrected chi connectivity index (χ4v) is 4.99. The standard InChI is InChI=1S/C27H31ClFN7/c1-16-11-17(13-19(29)12-16)21-15-33-26(32-8-7-31-2)24(25(21)36-9-5-20(30)6-10-36)27-34-22-4-3-18(28)14-23(22)35-27/h3-4,11-15,20,31H,5-10,30H2,1-2H3,(H,32,33)(H,34,35). The van der Waals surface area contributed by atoms with Crippen LogP contribution in [0, 0.1) is 12.7 Å². The van der Waals surface area contributed by atoms with Crippen LogP contribution >= 0.6 is 11.6 Å². The molecule has 0 spiro atoms. The molecule has 1 fully saturated rings. The maximum atomic E-state index is 14.5. The van der Waals surface area contributed by atoms with Crippen molar-refractivity contribution in [1.29, 1.82) is 0 Å². The highest BCUT2D eigenvalue weighted by Crippen LogP contribution is 2.43.